The minimum Gasteiger partial charge on any atom is -0.455 e. The zero-order valence-electron chi connectivity index (χ0n) is 29.2. The van der Waals surface area contributed by atoms with Crippen LogP contribution in [0, 0.1) is 0 Å². The lowest BCUT2D eigenvalue weighted by Gasteiger charge is -2.25. The lowest BCUT2D eigenvalue weighted by Crippen LogP contribution is -2.09. The van der Waals surface area contributed by atoms with E-state index in [-0.39, 0.29) is 0 Å². The topological polar surface area (TPSA) is 41.6 Å². The Labute approximate surface area is 311 Å². The van der Waals surface area contributed by atoms with Crippen molar-refractivity contribution in [3.05, 3.63) is 188 Å². The Kier molecular flexibility index (Phi) is 6.82. The molecule has 0 spiro atoms. The first kappa shape index (κ1) is 30.3. The van der Waals surface area contributed by atoms with E-state index in [2.05, 4.69) is 180 Å². The predicted octanol–water partition coefficient (Wildman–Crippen LogP) is 14.7. The summed E-state index contributed by atoms with van der Waals surface area (Å²) in [6.07, 6.45) is 0. The first-order valence-electron chi connectivity index (χ1n) is 18.2. The van der Waals surface area contributed by atoms with Crippen molar-refractivity contribution in [2.24, 2.45) is 0 Å². The van der Waals surface area contributed by atoms with E-state index in [4.69, 9.17) is 8.83 Å². The Hall–Kier alpha value is -7.30. The molecule has 0 saturated heterocycles. The summed E-state index contributed by atoms with van der Waals surface area (Å²) in [6, 6.07) is 66.1. The van der Waals surface area contributed by atoms with Crippen LogP contribution >= 0.6 is 0 Å². The van der Waals surface area contributed by atoms with Crippen LogP contribution in [-0.2, 0) is 0 Å². The van der Waals surface area contributed by atoms with Crippen LogP contribution in [0.15, 0.2) is 197 Å². The SMILES string of the molecule is c1ccc(Nc2ccc3cc4c(cc3c2)oc2c(-c3ccccc3)cc3c5cc6ccc(N(c7ccccc7)c7ccccc7)cc6cc5oc3c24)cc1. The van der Waals surface area contributed by atoms with Crippen molar-refractivity contribution >= 4 is 93.9 Å². The van der Waals surface area contributed by atoms with Gasteiger partial charge in [0.05, 0.1) is 5.39 Å². The van der Waals surface area contributed by atoms with Gasteiger partial charge in [0.2, 0.25) is 0 Å². The van der Waals surface area contributed by atoms with Crippen LogP contribution in [0.4, 0.5) is 28.4 Å². The highest BCUT2D eigenvalue weighted by Crippen LogP contribution is 2.46. The first-order chi connectivity index (χ1) is 26.7. The Morgan fingerprint density at radius 3 is 1.65 bits per heavy atom. The molecule has 0 fully saturated rings. The number of furan rings is 2. The zero-order valence-corrected chi connectivity index (χ0v) is 29.2. The highest BCUT2D eigenvalue weighted by atomic mass is 16.3. The van der Waals surface area contributed by atoms with E-state index in [0.29, 0.717) is 0 Å². The Balaban J connectivity index is 1.12. The molecule has 0 amide bonds. The molecule has 0 aliphatic carbocycles. The van der Waals surface area contributed by atoms with Crippen LogP contribution in [0.5, 0.6) is 0 Å². The van der Waals surface area contributed by atoms with Crippen LogP contribution in [0.2, 0.25) is 0 Å². The lowest BCUT2D eigenvalue weighted by atomic mass is 9.97. The molecular formula is C50H32N2O2. The molecule has 254 valence electrons. The molecule has 11 rings (SSSR count). The minimum atomic E-state index is 0.828. The molecule has 11 aromatic rings. The molecule has 0 unspecified atom stereocenters. The van der Waals surface area contributed by atoms with E-state index in [1.165, 1.54) is 0 Å². The second-order valence-electron chi connectivity index (χ2n) is 13.9. The van der Waals surface area contributed by atoms with Gasteiger partial charge in [-0.15, -0.1) is 0 Å². The number of hydrogen-bond donors (Lipinski definition) is 1. The molecule has 0 aliphatic heterocycles. The van der Waals surface area contributed by atoms with Crippen molar-refractivity contribution < 1.29 is 8.83 Å². The van der Waals surface area contributed by atoms with E-state index in [1.807, 2.05) is 18.2 Å². The fourth-order valence-corrected chi connectivity index (χ4v) is 7.98. The van der Waals surface area contributed by atoms with Crippen LogP contribution in [0.25, 0.3) is 76.5 Å². The zero-order chi connectivity index (χ0) is 35.6. The molecule has 4 heteroatoms. The molecule has 4 nitrogen and oxygen atoms in total. The van der Waals surface area contributed by atoms with Crippen LogP contribution < -0.4 is 10.2 Å². The van der Waals surface area contributed by atoms with Gasteiger partial charge in [0, 0.05) is 50.2 Å². The van der Waals surface area contributed by atoms with Crippen molar-refractivity contribution in [3.8, 4) is 11.1 Å². The highest BCUT2D eigenvalue weighted by Gasteiger charge is 2.22. The summed E-state index contributed by atoms with van der Waals surface area (Å²) in [5.41, 5.74) is 10.9. The van der Waals surface area contributed by atoms with Gasteiger partial charge in [0.25, 0.3) is 0 Å². The predicted molar refractivity (Wildman–Crippen MR) is 226 cm³/mol. The number of nitrogens with zero attached hydrogens (tertiary/aromatic N) is 1. The normalized spacial score (nSPS) is 11.7. The fraction of sp³-hybridized carbons (Fsp3) is 0. The van der Waals surface area contributed by atoms with Gasteiger partial charge >= 0.3 is 0 Å². The Morgan fingerprint density at radius 1 is 0.370 bits per heavy atom. The second kappa shape index (κ2) is 12.1. The van der Waals surface area contributed by atoms with Crippen molar-refractivity contribution in [1.29, 1.82) is 0 Å². The maximum atomic E-state index is 6.91. The van der Waals surface area contributed by atoms with Crippen LogP contribution in [-0.4, -0.2) is 0 Å². The Morgan fingerprint density at radius 2 is 0.944 bits per heavy atom. The summed E-state index contributed by atoms with van der Waals surface area (Å²) in [6.45, 7) is 0. The van der Waals surface area contributed by atoms with E-state index in [0.717, 1.165) is 105 Å². The van der Waals surface area contributed by atoms with Crippen molar-refractivity contribution in [1.82, 2.24) is 0 Å². The summed E-state index contributed by atoms with van der Waals surface area (Å²) in [4.78, 5) is 2.29. The van der Waals surface area contributed by atoms with Crippen molar-refractivity contribution in [3.63, 3.8) is 0 Å². The molecule has 0 atom stereocenters. The number of hydrogen-bond acceptors (Lipinski definition) is 4. The van der Waals surface area contributed by atoms with Gasteiger partial charge in [-0.2, -0.15) is 0 Å². The smallest absolute Gasteiger partial charge is 0.147 e. The molecule has 2 heterocycles. The van der Waals surface area contributed by atoms with E-state index in [1.54, 1.807) is 0 Å². The van der Waals surface area contributed by atoms with Crippen LogP contribution in [0.1, 0.15) is 0 Å². The van der Waals surface area contributed by atoms with E-state index < -0.39 is 0 Å². The standard InChI is InChI=1S/C50H32N2O2/c1-5-13-32(14-6-1)42-31-44-43-27-34-22-24-41(52(39-17-9-3-10-18-39)40-19-11-4-12-20-40)26-36(34)30-46(43)53-50(44)48-45-28-33-21-23-38(51-37-15-7-2-8-16-37)25-35(33)29-47(45)54-49(42)48/h1-31,51H. The van der Waals surface area contributed by atoms with Gasteiger partial charge in [-0.1, -0.05) is 97.1 Å². The van der Waals surface area contributed by atoms with E-state index >= 15 is 0 Å². The summed E-state index contributed by atoms with van der Waals surface area (Å²) in [5.74, 6) is 0. The lowest BCUT2D eigenvalue weighted by molar-refractivity contribution is 0.664. The molecule has 0 aliphatic rings. The summed E-state index contributed by atoms with van der Waals surface area (Å²) in [5, 5.41) is 12.2. The van der Waals surface area contributed by atoms with Crippen molar-refractivity contribution in [2.45, 2.75) is 0 Å². The maximum absolute atomic E-state index is 6.91. The third-order valence-corrected chi connectivity index (χ3v) is 10.5. The molecule has 1 N–H and O–H groups in total. The van der Waals surface area contributed by atoms with Gasteiger partial charge in [-0.3, -0.25) is 0 Å². The summed E-state index contributed by atoms with van der Waals surface area (Å²) < 4.78 is 13.7. The van der Waals surface area contributed by atoms with Gasteiger partial charge in [0.1, 0.15) is 22.3 Å². The molecule has 0 bridgehead atoms. The van der Waals surface area contributed by atoms with Gasteiger partial charge in [-0.25, -0.2) is 0 Å². The van der Waals surface area contributed by atoms with Gasteiger partial charge in [0.15, 0.2) is 0 Å². The highest BCUT2D eigenvalue weighted by molar-refractivity contribution is 6.27. The van der Waals surface area contributed by atoms with Crippen LogP contribution in [0.3, 0.4) is 0 Å². The fourth-order valence-electron chi connectivity index (χ4n) is 7.98. The number of anilines is 5. The summed E-state index contributed by atoms with van der Waals surface area (Å²) in [7, 11) is 0. The number of rotatable bonds is 6. The third-order valence-electron chi connectivity index (χ3n) is 10.5. The third kappa shape index (κ3) is 5.00. The van der Waals surface area contributed by atoms with Crippen molar-refractivity contribution in [2.75, 3.05) is 10.2 Å². The Bertz CT molecular complexity index is 3130. The van der Waals surface area contributed by atoms with Gasteiger partial charge < -0.3 is 19.1 Å². The number of fused-ring (bicyclic) bond motifs is 9. The molecule has 2 aromatic heterocycles. The second-order valence-corrected chi connectivity index (χ2v) is 13.9. The average molecular weight is 693 g/mol. The molecule has 54 heavy (non-hydrogen) atoms. The monoisotopic (exact) mass is 692 g/mol. The number of benzene rings is 9. The molecular weight excluding hydrogens is 661 g/mol. The number of nitrogens with one attached hydrogen (secondary N) is 1. The maximum Gasteiger partial charge on any atom is 0.147 e. The average Bonchev–Trinajstić information content (AvgIpc) is 3.77. The van der Waals surface area contributed by atoms with E-state index in [9.17, 15) is 0 Å². The molecule has 0 radical (unpaired) electrons. The quantitative estimate of drug-likeness (QED) is 0.188. The molecule has 0 saturated carbocycles. The minimum absolute atomic E-state index is 0.828. The largest absolute Gasteiger partial charge is 0.455 e. The summed E-state index contributed by atoms with van der Waals surface area (Å²) >= 11 is 0. The van der Waals surface area contributed by atoms with Gasteiger partial charge in [-0.05, 0) is 118 Å². The number of para-hydroxylation sites is 3. The first-order valence-corrected chi connectivity index (χ1v) is 18.2. The molecule has 9 aromatic carbocycles.